The lowest BCUT2D eigenvalue weighted by molar-refractivity contribution is 0.0992. The lowest BCUT2D eigenvalue weighted by Crippen LogP contribution is -2.27. The molecule has 1 heterocycles. The van der Waals surface area contributed by atoms with Crippen LogP contribution in [0, 0.1) is 0 Å². The predicted molar refractivity (Wildman–Crippen MR) is 94.8 cm³/mol. The number of hydrogen-bond acceptors (Lipinski definition) is 3. The van der Waals surface area contributed by atoms with Gasteiger partial charge in [-0.25, -0.2) is 0 Å². The van der Waals surface area contributed by atoms with Gasteiger partial charge in [0.2, 0.25) is 0 Å². The molecule has 4 heteroatoms. The van der Waals surface area contributed by atoms with Crippen molar-refractivity contribution >= 4 is 11.6 Å². The molecule has 0 N–H and O–H groups in total. The van der Waals surface area contributed by atoms with Gasteiger partial charge < -0.3 is 14.4 Å². The molecule has 3 rings (SSSR count). The minimum atomic E-state index is 0.00160. The van der Waals surface area contributed by atoms with Gasteiger partial charge in [0.1, 0.15) is 18.5 Å². The summed E-state index contributed by atoms with van der Waals surface area (Å²) in [6, 6.07) is 15.4. The first-order valence-corrected chi connectivity index (χ1v) is 8.39. The van der Waals surface area contributed by atoms with Crippen molar-refractivity contribution in [2.45, 2.75) is 25.9 Å². The zero-order chi connectivity index (χ0) is 16.9. The zero-order valence-corrected chi connectivity index (χ0v) is 14.2. The Morgan fingerprint density at radius 3 is 2.67 bits per heavy atom. The Hall–Kier alpha value is -2.33. The molecule has 2 aromatic rings. The second-order valence-electron chi connectivity index (χ2n) is 6.04. The molecule has 1 aliphatic rings. The summed E-state index contributed by atoms with van der Waals surface area (Å²) in [5.74, 6) is 0.801. The molecule has 1 amide bonds. The number of rotatable bonds is 7. The summed E-state index contributed by atoms with van der Waals surface area (Å²) in [6.45, 7) is 3.46. The fourth-order valence-corrected chi connectivity index (χ4v) is 2.65. The van der Waals surface area contributed by atoms with Gasteiger partial charge in [0, 0.05) is 18.3 Å². The Balaban J connectivity index is 1.80. The van der Waals surface area contributed by atoms with Crippen LogP contribution in [0.5, 0.6) is 5.75 Å². The van der Waals surface area contributed by atoms with Gasteiger partial charge in [-0.3, -0.25) is 4.79 Å². The molecule has 0 radical (unpaired) electrons. The molecule has 1 saturated heterocycles. The molecule has 0 aliphatic carbocycles. The van der Waals surface area contributed by atoms with Crippen LogP contribution in [0.3, 0.4) is 0 Å². The average molecular weight is 325 g/mol. The van der Waals surface area contributed by atoms with E-state index in [2.05, 4.69) is 6.92 Å². The molecule has 0 aromatic heterocycles. The zero-order valence-electron chi connectivity index (χ0n) is 14.2. The largest absolute Gasteiger partial charge is 0.491 e. The van der Waals surface area contributed by atoms with Crippen molar-refractivity contribution in [3.63, 3.8) is 0 Å². The average Bonchev–Trinajstić information content (AvgIpc) is 3.44. The molecule has 0 spiro atoms. The van der Waals surface area contributed by atoms with Gasteiger partial charge in [0.05, 0.1) is 6.61 Å². The lowest BCUT2D eigenvalue weighted by atomic mass is 10.0. The molecular weight excluding hydrogens is 302 g/mol. The monoisotopic (exact) mass is 325 g/mol. The van der Waals surface area contributed by atoms with Crippen LogP contribution in [0.4, 0.5) is 5.69 Å². The van der Waals surface area contributed by atoms with Crippen LogP contribution in [0.2, 0.25) is 0 Å². The number of para-hydroxylation sites is 1. The van der Waals surface area contributed by atoms with Crippen molar-refractivity contribution in [1.29, 1.82) is 0 Å². The number of benzene rings is 2. The molecule has 1 aliphatic heterocycles. The van der Waals surface area contributed by atoms with Gasteiger partial charge in [0.15, 0.2) is 0 Å². The van der Waals surface area contributed by atoms with Crippen molar-refractivity contribution < 1.29 is 14.3 Å². The van der Waals surface area contributed by atoms with Crippen LogP contribution < -0.4 is 9.64 Å². The molecular formula is C20H23NO3. The van der Waals surface area contributed by atoms with E-state index in [1.165, 1.54) is 0 Å². The van der Waals surface area contributed by atoms with E-state index in [0.29, 0.717) is 6.61 Å². The van der Waals surface area contributed by atoms with Crippen molar-refractivity contribution in [3.05, 3.63) is 59.7 Å². The standard InChI is InChI=1S/C20H23NO3/c1-3-7-15-12-17(23-13-18-14-24-18)10-11-19(15)20(22)21(2)16-8-5-4-6-9-16/h4-6,8-12,18H,3,7,13-14H2,1-2H3. The number of aryl methyl sites for hydroxylation is 1. The third kappa shape index (κ3) is 3.95. The quantitative estimate of drug-likeness (QED) is 0.729. The van der Waals surface area contributed by atoms with E-state index in [4.69, 9.17) is 9.47 Å². The van der Waals surface area contributed by atoms with E-state index in [9.17, 15) is 4.79 Å². The molecule has 1 unspecified atom stereocenters. The summed E-state index contributed by atoms with van der Waals surface area (Å²) in [6.07, 6.45) is 2.05. The summed E-state index contributed by atoms with van der Waals surface area (Å²) in [5.41, 5.74) is 2.65. The van der Waals surface area contributed by atoms with Gasteiger partial charge in [-0.2, -0.15) is 0 Å². The second-order valence-corrected chi connectivity index (χ2v) is 6.04. The highest BCUT2D eigenvalue weighted by Crippen LogP contribution is 2.24. The fraction of sp³-hybridized carbons (Fsp3) is 0.350. The number of ether oxygens (including phenoxy) is 2. The maximum absolute atomic E-state index is 12.9. The van der Waals surface area contributed by atoms with Crippen LogP contribution in [-0.4, -0.2) is 32.3 Å². The van der Waals surface area contributed by atoms with E-state index in [1.54, 1.807) is 4.90 Å². The number of nitrogens with zero attached hydrogens (tertiary/aromatic N) is 1. The Morgan fingerprint density at radius 2 is 2.00 bits per heavy atom. The van der Waals surface area contributed by atoms with Gasteiger partial charge in [-0.15, -0.1) is 0 Å². The number of amides is 1. The van der Waals surface area contributed by atoms with Crippen LogP contribution in [0.1, 0.15) is 29.3 Å². The van der Waals surface area contributed by atoms with E-state index in [0.717, 1.165) is 42.0 Å². The third-order valence-electron chi connectivity index (χ3n) is 4.11. The Morgan fingerprint density at radius 1 is 1.25 bits per heavy atom. The minimum absolute atomic E-state index is 0.00160. The number of carbonyl (C=O) groups excluding carboxylic acids is 1. The van der Waals surface area contributed by atoms with Crippen molar-refractivity contribution in [2.24, 2.45) is 0 Å². The maximum Gasteiger partial charge on any atom is 0.258 e. The summed E-state index contributed by atoms with van der Waals surface area (Å²) >= 11 is 0. The Labute approximate surface area is 143 Å². The van der Waals surface area contributed by atoms with E-state index < -0.39 is 0 Å². The minimum Gasteiger partial charge on any atom is -0.491 e. The summed E-state index contributed by atoms with van der Waals surface area (Å²) < 4.78 is 10.9. The van der Waals surface area contributed by atoms with Crippen LogP contribution in [0.15, 0.2) is 48.5 Å². The highest BCUT2D eigenvalue weighted by Gasteiger charge is 2.23. The maximum atomic E-state index is 12.9. The molecule has 0 saturated carbocycles. The third-order valence-corrected chi connectivity index (χ3v) is 4.11. The highest BCUT2D eigenvalue weighted by molar-refractivity contribution is 6.06. The summed E-state index contributed by atoms with van der Waals surface area (Å²) in [7, 11) is 1.81. The summed E-state index contributed by atoms with van der Waals surface area (Å²) in [4.78, 5) is 14.6. The Bertz CT molecular complexity index is 695. The molecule has 0 bridgehead atoms. The highest BCUT2D eigenvalue weighted by atomic mass is 16.6. The first-order valence-electron chi connectivity index (χ1n) is 8.39. The topological polar surface area (TPSA) is 42.1 Å². The first kappa shape index (κ1) is 16.5. The number of hydrogen-bond donors (Lipinski definition) is 0. The van der Waals surface area contributed by atoms with E-state index in [-0.39, 0.29) is 12.0 Å². The molecule has 4 nitrogen and oxygen atoms in total. The SMILES string of the molecule is CCCc1cc(OCC2CO2)ccc1C(=O)N(C)c1ccccc1. The molecule has 2 aromatic carbocycles. The van der Waals surface area contributed by atoms with Crippen molar-refractivity contribution in [1.82, 2.24) is 0 Å². The number of anilines is 1. The Kier molecular flexibility index (Phi) is 5.16. The molecule has 1 fully saturated rings. The van der Waals surface area contributed by atoms with Crippen molar-refractivity contribution in [2.75, 3.05) is 25.2 Å². The van der Waals surface area contributed by atoms with Gasteiger partial charge >= 0.3 is 0 Å². The summed E-state index contributed by atoms with van der Waals surface area (Å²) in [5, 5.41) is 0. The fourth-order valence-electron chi connectivity index (χ4n) is 2.65. The van der Waals surface area contributed by atoms with Crippen LogP contribution in [-0.2, 0) is 11.2 Å². The van der Waals surface area contributed by atoms with E-state index in [1.807, 2.05) is 55.6 Å². The van der Waals surface area contributed by atoms with Crippen molar-refractivity contribution in [3.8, 4) is 5.75 Å². The molecule has 126 valence electrons. The smallest absolute Gasteiger partial charge is 0.258 e. The molecule has 24 heavy (non-hydrogen) atoms. The number of epoxide rings is 1. The normalized spacial score (nSPS) is 15.8. The number of carbonyl (C=O) groups is 1. The molecule has 1 atom stereocenters. The van der Waals surface area contributed by atoms with E-state index >= 15 is 0 Å². The predicted octanol–water partition coefficient (Wildman–Crippen LogP) is 3.69. The lowest BCUT2D eigenvalue weighted by Gasteiger charge is -2.19. The van der Waals surface area contributed by atoms with Gasteiger partial charge in [-0.1, -0.05) is 31.5 Å². The first-order chi connectivity index (χ1) is 11.7. The van der Waals surface area contributed by atoms with Gasteiger partial charge in [-0.05, 0) is 42.3 Å². The van der Waals surface area contributed by atoms with Crippen LogP contribution in [0.25, 0.3) is 0 Å². The van der Waals surface area contributed by atoms with Gasteiger partial charge in [0.25, 0.3) is 5.91 Å². The van der Waals surface area contributed by atoms with Crippen LogP contribution >= 0.6 is 0 Å². The second kappa shape index (κ2) is 7.49.